The topological polar surface area (TPSA) is 89.8 Å². The molecule has 0 radical (unpaired) electrons. The van der Waals surface area contributed by atoms with Crippen LogP contribution in [0.15, 0.2) is 89.0 Å². The van der Waals surface area contributed by atoms with Gasteiger partial charge in [-0.3, -0.25) is 9.55 Å². The smallest absolute Gasteiger partial charge is 0.243 e. The van der Waals surface area contributed by atoms with Gasteiger partial charge in [-0.15, -0.1) is 10.2 Å². The zero-order valence-corrected chi connectivity index (χ0v) is 22.6. The van der Waals surface area contributed by atoms with E-state index in [1.54, 1.807) is 24.4 Å². The van der Waals surface area contributed by atoms with Gasteiger partial charge in [0, 0.05) is 22.4 Å². The summed E-state index contributed by atoms with van der Waals surface area (Å²) >= 11 is 7.86. The predicted octanol–water partition coefficient (Wildman–Crippen LogP) is 5.86. The fourth-order valence-electron chi connectivity index (χ4n) is 4.05. The maximum absolute atomic E-state index is 13.3. The summed E-state index contributed by atoms with van der Waals surface area (Å²) in [6, 6.07) is 22.5. The molecule has 188 valence electrons. The van der Waals surface area contributed by atoms with Crippen molar-refractivity contribution in [3.8, 4) is 5.69 Å². The third kappa shape index (κ3) is 5.55. The lowest BCUT2D eigenvalue weighted by atomic mass is 10.2. The number of hydrogen-bond donors (Lipinski definition) is 1. The molecule has 0 aliphatic rings. The minimum Gasteiger partial charge on any atom is -0.273 e. The van der Waals surface area contributed by atoms with Crippen molar-refractivity contribution in [2.75, 3.05) is 0 Å². The number of pyridine rings is 1. The van der Waals surface area contributed by atoms with Crippen LogP contribution >= 0.6 is 23.4 Å². The van der Waals surface area contributed by atoms with Gasteiger partial charge in [0.2, 0.25) is 10.0 Å². The van der Waals surface area contributed by atoms with Crippen LogP contribution in [-0.4, -0.2) is 28.2 Å². The van der Waals surface area contributed by atoms with Crippen molar-refractivity contribution in [1.82, 2.24) is 24.5 Å². The molecule has 0 amide bonds. The number of nitrogens with zero attached hydrogens (tertiary/aromatic N) is 4. The number of para-hydroxylation sites is 1. The van der Waals surface area contributed by atoms with Gasteiger partial charge in [0.1, 0.15) is 4.90 Å². The van der Waals surface area contributed by atoms with E-state index < -0.39 is 10.0 Å². The first-order valence-electron chi connectivity index (χ1n) is 11.5. The quantitative estimate of drug-likeness (QED) is 0.244. The van der Waals surface area contributed by atoms with Crippen LogP contribution in [0.3, 0.4) is 0 Å². The van der Waals surface area contributed by atoms with E-state index in [9.17, 15) is 8.42 Å². The first-order valence-corrected chi connectivity index (χ1v) is 14.4. The van der Waals surface area contributed by atoms with Gasteiger partial charge in [0.05, 0.1) is 17.7 Å². The summed E-state index contributed by atoms with van der Waals surface area (Å²) in [4.78, 5) is 4.40. The summed E-state index contributed by atoms with van der Waals surface area (Å²) in [5.74, 6) is 1.14. The normalized spacial score (nSPS) is 11.8. The predicted molar refractivity (Wildman–Crippen MR) is 148 cm³/mol. The van der Waals surface area contributed by atoms with Gasteiger partial charge in [0.25, 0.3) is 0 Å². The molecule has 10 heteroatoms. The van der Waals surface area contributed by atoms with Crippen molar-refractivity contribution in [3.63, 3.8) is 0 Å². The number of sulfonamides is 1. The average Bonchev–Trinajstić information content (AvgIpc) is 3.30. The van der Waals surface area contributed by atoms with Gasteiger partial charge in [-0.25, -0.2) is 13.1 Å². The summed E-state index contributed by atoms with van der Waals surface area (Å²) in [6.07, 6.45) is 1.58. The van der Waals surface area contributed by atoms with Gasteiger partial charge in [-0.1, -0.05) is 77.5 Å². The Bertz CT molecular complexity index is 1700. The SMILES string of the molecule is Cc1cccc(CSc2nnc(CNS(=O)(=O)c3cccc4cccnc34)n2-c2cc(Cl)ccc2C)c1. The van der Waals surface area contributed by atoms with Crippen molar-refractivity contribution >= 4 is 44.3 Å². The number of fused-ring (bicyclic) bond motifs is 1. The highest BCUT2D eigenvalue weighted by Crippen LogP contribution is 2.29. The number of hydrogen-bond acceptors (Lipinski definition) is 6. The number of rotatable bonds is 8. The molecule has 0 saturated heterocycles. The van der Waals surface area contributed by atoms with Crippen LogP contribution in [0.5, 0.6) is 0 Å². The van der Waals surface area contributed by atoms with Gasteiger partial charge in [-0.2, -0.15) is 0 Å². The molecule has 0 saturated carbocycles. The van der Waals surface area contributed by atoms with E-state index in [1.165, 1.54) is 17.3 Å². The Morgan fingerprint density at radius 3 is 2.62 bits per heavy atom. The second kappa shape index (κ2) is 10.6. The third-order valence-electron chi connectivity index (χ3n) is 5.87. The fraction of sp³-hybridized carbons (Fsp3) is 0.148. The zero-order valence-electron chi connectivity index (χ0n) is 20.2. The number of nitrogens with one attached hydrogen (secondary N) is 1. The van der Waals surface area contributed by atoms with Crippen LogP contribution in [0.25, 0.3) is 16.6 Å². The van der Waals surface area contributed by atoms with Crippen molar-refractivity contribution < 1.29 is 8.42 Å². The molecule has 0 bridgehead atoms. The lowest BCUT2D eigenvalue weighted by Gasteiger charge is -2.14. The second-order valence-electron chi connectivity index (χ2n) is 8.60. The lowest BCUT2D eigenvalue weighted by molar-refractivity contribution is 0.579. The number of aryl methyl sites for hydroxylation is 2. The Morgan fingerprint density at radius 1 is 0.973 bits per heavy atom. The molecule has 2 heterocycles. The van der Waals surface area contributed by atoms with Crippen LogP contribution in [0.4, 0.5) is 0 Å². The zero-order chi connectivity index (χ0) is 26.0. The number of halogens is 1. The van der Waals surface area contributed by atoms with Gasteiger partial charge < -0.3 is 0 Å². The van der Waals surface area contributed by atoms with E-state index >= 15 is 0 Å². The maximum Gasteiger partial charge on any atom is 0.243 e. The molecule has 7 nitrogen and oxygen atoms in total. The molecule has 0 aliphatic heterocycles. The minimum absolute atomic E-state index is 0.0600. The highest BCUT2D eigenvalue weighted by atomic mass is 35.5. The Labute approximate surface area is 225 Å². The van der Waals surface area contributed by atoms with Crippen LogP contribution in [-0.2, 0) is 22.3 Å². The Kier molecular flexibility index (Phi) is 7.30. The van der Waals surface area contributed by atoms with Crippen molar-refractivity contribution in [1.29, 1.82) is 0 Å². The lowest BCUT2D eigenvalue weighted by Crippen LogP contribution is -2.25. The van der Waals surface area contributed by atoms with Gasteiger partial charge in [0.15, 0.2) is 11.0 Å². The number of thioether (sulfide) groups is 1. The maximum atomic E-state index is 13.3. The van der Waals surface area contributed by atoms with Gasteiger partial charge in [-0.05, 0) is 49.2 Å². The van der Waals surface area contributed by atoms with Crippen molar-refractivity contribution in [2.45, 2.75) is 36.2 Å². The Morgan fingerprint density at radius 2 is 1.78 bits per heavy atom. The monoisotopic (exact) mass is 549 g/mol. The largest absolute Gasteiger partial charge is 0.273 e. The molecule has 5 rings (SSSR count). The summed E-state index contributed by atoms with van der Waals surface area (Å²) in [5, 5.41) is 10.7. The van der Waals surface area contributed by atoms with E-state index in [4.69, 9.17) is 11.6 Å². The van der Waals surface area contributed by atoms with Crippen LogP contribution in [0.1, 0.15) is 22.5 Å². The highest BCUT2D eigenvalue weighted by molar-refractivity contribution is 7.98. The minimum atomic E-state index is -3.88. The summed E-state index contributed by atoms with van der Waals surface area (Å²) in [6.45, 7) is 3.97. The van der Waals surface area contributed by atoms with Crippen LogP contribution < -0.4 is 4.72 Å². The molecule has 5 aromatic rings. The molecular formula is C27H24ClN5O2S2. The molecule has 0 unspecified atom stereocenters. The van der Waals surface area contributed by atoms with E-state index in [2.05, 4.69) is 45.0 Å². The highest BCUT2D eigenvalue weighted by Gasteiger charge is 2.22. The molecule has 0 aliphatic carbocycles. The Hall–Kier alpha value is -3.24. The summed E-state index contributed by atoms with van der Waals surface area (Å²) < 4.78 is 31.2. The average molecular weight is 550 g/mol. The van der Waals surface area contributed by atoms with E-state index in [0.29, 0.717) is 27.3 Å². The molecule has 0 fully saturated rings. The van der Waals surface area contributed by atoms with E-state index in [1.807, 2.05) is 47.9 Å². The molecule has 0 atom stereocenters. The van der Waals surface area contributed by atoms with E-state index in [-0.39, 0.29) is 11.4 Å². The van der Waals surface area contributed by atoms with E-state index in [0.717, 1.165) is 22.2 Å². The third-order valence-corrected chi connectivity index (χ3v) is 8.54. The molecule has 2 aromatic heterocycles. The number of benzene rings is 3. The van der Waals surface area contributed by atoms with Crippen LogP contribution in [0, 0.1) is 13.8 Å². The first-order chi connectivity index (χ1) is 17.8. The summed E-state index contributed by atoms with van der Waals surface area (Å²) in [5.41, 5.74) is 4.52. The molecule has 1 N–H and O–H groups in total. The fourth-order valence-corrected chi connectivity index (χ4v) is 6.28. The van der Waals surface area contributed by atoms with Crippen LogP contribution in [0.2, 0.25) is 5.02 Å². The Balaban J connectivity index is 1.48. The molecule has 37 heavy (non-hydrogen) atoms. The second-order valence-corrected chi connectivity index (χ2v) is 11.7. The van der Waals surface area contributed by atoms with Gasteiger partial charge >= 0.3 is 0 Å². The standard InChI is InChI=1S/C27H24ClN5O2S2/c1-18-6-3-7-20(14-18)17-36-27-32-31-25(33(27)23-15-22(28)12-11-19(23)2)16-30-37(34,35)24-10-4-8-21-9-5-13-29-26(21)24/h3-15,30H,16-17H2,1-2H3. The van der Waals surface area contributed by atoms with Crippen molar-refractivity contribution in [3.05, 3.63) is 107 Å². The van der Waals surface area contributed by atoms with Crippen molar-refractivity contribution in [2.24, 2.45) is 0 Å². The first kappa shape index (κ1) is 25.4. The molecule has 3 aromatic carbocycles. The molecular weight excluding hydrogens is 526 g/mol. The summed E-state index contributed by atoms with van der Waals surface area (Å²) in [7, 11) is -3.88. The number of aromatic nitrogens is 4. The molecule has 0 spiro atoms.